The first-order valence-corrected chi connectivity index (χ1v) is 6.36. The van der Waals surface area contributed by atoms with Crippen LogP contribution in [-0.2, 0) is 4.74 Å². The van der Waals surface area contributed by atoms with Crippen LogP contribution in [0.5, 0.6) is 0 Å². The maximum absolute atomic E-state index is 11.9. The number of nitrogens with one attached hydrogen (secondary N) is 3. The van der Waals surface area contributed by atoms with Gasteiger partial charge in [0.05, 0.1) is 6.61 Å². The van der Waals surface area contributed by atoms with Gasteiger partial charge in [-0.2, -0.15) is 0 Å². The lowest BCUT2D eigenvalue weighted by Crippen LogP contribution is -2.33. The molecule has 0 aliphatic heterocycles. The minimum atomic E-state index is -0.0509. The average molecular weight is 261 g/mol. The molecular formula is C14H19N3O2. The molecule has 2 aromatic rings. The quantitative estimate of drug-likeness (QED) is 0.655. The van der Waals surface area contributed by atoms with Gasteiger partial charge in [-0.25, -0.2) is 0 Å². The number of fused-ring (bicyclic) bond motifs is 1. The molecule has 0 unspecified atom stereocenters. The molecule has 1 aromatic heterocycles. The van der Waals surface area contributed by atoms with E-state index in [9.17, 15) is 4.79 Å². The van der Waals surface area contributed by atoms with E-state index in [0.717, 1.165) is 24.0 Å². The summed E-state index contributed by atoms with van der Waals surface area (Å²) in [5, 5.41) is 7.16. The summed E-state index contributed by atoms with van der Waals surface area (Å²) in [7, 11) is 1.67. The molecule has 102 valence electrons. The first-order valence-electron chi connectivity index (χ1n) is 6.36. The molecule has 0 bridgehead atoms. The molecule has 0 aliphatic carbocycles. The number of carbonyl (C=O) groups is 1. The molecular weight excluding hydrogens is 242 g/mol. The van der Waals surface area contributed by atoms with Gasteiger partial charge in [-0.1, -0.05) is 6.07 Å². The fraction of sp³-hybridized carbons (Fsp3) is 0.357. The van der Waals surface area contributed by atoms with Crippen molar-refractivity contribution in [2.75, 3.05) is 33.4 Å². The summed E-state index contributed by atoms with van der Waals surface area (Å²) in [5.41, 5.74) is 1.65. The van der Waals surface area contributed by atoms with E-state index in [1.54, 1.807) is 7.11 Å². The molecule has 0 spiro atoms. The van der Waals surface area contributed by atoms with Crippen molar-refractivity contribution in [1.82, 2.24) is 15.6 Å². The third kappa shape index (κ3) is 3.81. The standard InChI is InChI=1S/C14H19N3O2/c1-19-9-8-15-6-7-17-14(18)12-3-2-11-4-5-16-13(11)10-12/h2-5,10,15-16H,6-9H2,1H3,(H,17,18). The topological polar surface area (TPSA) is 66.2 Å². The normalized spacial score (nSPS) is 10.8. The molecule has 0 aliphatic rings. The van der Waals surface area contributed by atoms with Gasteiger partial charge in [-0.3, -0.25) is 4.79 Å². The van der Waals surface area contributed by atoms with E-state index in [4.69, 9.17) is 4.74 Å². The van der Waals surface area contributed by atoms with Crippen molar-refractivity contribution >= 4 is 16.8 Å². The second-order valence-corrected chi connectivity index (χ2v) is 4.28. The van der Waals surface area contributed by atoms with E-state index in [2.05, 4.69) is 15.6 Å². The highest BCUT2D eigenvalue weighted by molar-refractivity contribution is 5.97. The molecule has 0 saturated heterocycles. The van der Waals surface area contributed by atoms with Crippen molar-refractivity contribution in [2.24, 2.45) is 0 Å². The minimum absolute atomic E-state index is 0.0509. The van der Waals surface area contributed by atoms with Gasteiger partial charge in [0.2, 0.25) is 0 Å². The molecule has 2 rings (SSSR count). The molecule has 0 saturated carbocycles. The minimum Gasteiger partial charge on any atom is -0.383 e. The maximum atomic E-state index is 11.9. The van der Waals surface area contributed by atoms with E-state index in [-0.39, 0.29) is 5.91 Å². The summed E-state index contributed by atoms with van der Waals surface area (Å²) < 4.78 is 4.92. The van der Waals surface area contributed by atoms with Crippen molar-refractivity contribution < 1.29 is 9.53 Å². The van der Waals surface area contributed by atoms with Crippen LogP contribution in [0, 0.1) is 0 Å². The number of H-pyrrole nitrogens is 1. The van der Waals surface area contributed by atoms with E-state index in [1.165, 1.54) is 0 Å². The Kier molecular flexibility index (Phi) is 4.94. The van der Waals surface area contributed by atoms with Crippen LogP contribution in [-0.4, -0.2) is 44.2 Å². The summed E-state index contributed by atoms with van der Waals surface area (Å²) >= 11 is 0. The van der Waals surface area contributed by atoms with Crippen molar-refractivity contribution in [3.05, 3.63) is 36.0 Å². The van der Waals surface area contributed by atoms with Crippen LogP contribution in [0.1, 0.15) is 10.4 Å². The number of aromatic nitrogens is 1. The van der Waals surface area contributed by atoms with E-state index < -0.39 is 0 Å². The molecule has 5 heteroatoms. The van der Waals surface area contributed by atoms with Crippen LogP contribution in [0.4, 0.5) is 0 Å². The van der Waals surface area contributed by atoms with Gasteiger partial charge in [0.15, 0.2) is 0 Å². The Morgan fingerprint density at radius 1 is 1.26 bits per heavy atom. The third-order valence-electron chi connectivity index (χ3n) is 2.89. The van der Waals surface area contributed by atoms with Gasteiger partial charge in [0.1, 0.15) is 0 Å². The largest absolute Gasteiger partial charge is 0.383 e. The van der Waals surface area contributed by atoms with E-state index >= 15 is 0 Å². The lowest BCUT2D eigenvalue weighted by atomic mass is 10.1. The fourth-order valence-electron chi connectivity index (χ4n) is 1.85. The Bertz CT molecular complexity index is 536. The first-order chi connectivity index (χ1) is 9.31. The van der Waals surface area contributed by atoms with Gasteiger partial charge in [0.25, 0.3) is 5.91 Å². The predicted octanol–water partition coefficient (Wildman–Crippen LogP) is 1.13. The number of aromatic amines is 1. The van der Waals surface area contributed by atoms with Gasteiger partial charge in [-0.15, -0.1) is 0 Å². The van der Waals surface area contributed by atoms with Gasteiger partial charge in [0, 0.05) is 44.0 Å². The number of hydrogen-bond acceptors (Lipinski definition) is 3. The number of hydrogen-bond donors (Lipinski definition) is 3. The number of rotatable bonds is 7. The van der Waals surface area contributed by atoms with Crippen LogP contribution in [0.3, 0.4) is 0 Å². The molecule has 0 atom stereocenters. The second-order valence-electron chi connectivity index (χ2n) is 4.28. The molecule has 0 radical (unpaired) electrons. The molecule has 1 amide bonds. The molecule has 5 nitrogen and oxygen atoms in total. The zero-order chi connectivity index (χ0) is 13.5. The Labute approximate surface area is 112 Å². The number of carbonyl (C=O) groups excluding carboxylic acids is 1. The summed E-state index contributed by atoms with van der Waals surface area (Å²) in [6.07, 6.45) is 1.87. The Morgan fingerprint density at radius 3 is 3.00 bits per heavy atom. The zero-order valence-electron chi connectivity index (χ0n) is 11.0. The highest BCUT2D eigenvalue weighted by Crippen LogP contribution is 2.13. The van der Waals surface area contributed by atoms with Crippen molar-refractivity contribution in [2.45, 2.75) is 0 Å². The van der Waals surface area contributed by atoms with Gasteiger partial charge < -0.3 is 20.4 Å². The SMILES string of the molecule is COCCNCCNC(=O)c1ccc2cc[nH]c2c1. The third-order valence-corrected chi connectivity index (χ3v) is 2.89. The van der Waals surface area contributed by atoms with Gasteiger partial charge >= 0.3 is 0 Å². The lowest BCUT2D eigenvalue weighted by Gasteiger charge is -2.06. The summed E-state index contributed by atoms with van der Waals surface area (Å²) in [4.78, 5) is 15.0. The molecule has 19 heavy (non-hydrogen) atoms. The van der Waals surface area contributed by atoms with Gasteiger partial charge in [-0.05, 0) is 23.6 Å². The average Bonchev–Trinajstić information content (AvgIpc) is 2.89. The van der Waals surface area contributed by atoms with Crippen molar-refractivity contribution in [3.63, 3.8) is 0 Å². The number of ether oxygens (including phenoxy) is 1. The van der Waals surface area contributed by atoms with E-state index in [1.807, 2.05) is 30.5 Å². The second kappa shape index (κ2) is 6.92. The maximum Gasteiger partial charge on any atom is 0.251 e. The van der Waals surface area contributed by atoms with E-state index in [0.29, 0.717) is 18.7 Å². The van der Waals surface area contributed by atoms with Crippen LogP contribution in [0.2, 0.25) is 0 Å². The molecule has 3 N–H and O–H groups in total. The Hall–Kier alpha value is -1.85. The fourth-order valence-corrected chi connectivity index (χ4v) is 1.85. The van der Waals surface area contributed by atoms with Crippen molar-refractivity contribution in [3.8, 4) is 0 Å². The highest BCUT2D eigenvalue weighted by Gasteiger charge is 2.05. The lowest BCUT2D eigenvalue weighted by molar-refractivity contribution is 0.0954. The summed E-state index contributed by atoms with van der Waals surface area (Å²) in [6, 6.07) is 7.63. The van der Waals surface area contributed by atoms with Crippen LogP contribution in [0.15, 0.2) is 30.5 Å². The molecule has 1 aromatic carbocycles. The van der Waals surface area contributed by atoms with Crippen LogP contribution < -0.4 is 10.6 Å². The summed E-state index contributed by atoms with van der Waals surface area (Å²) in [6.45, 7) is 2.81. The highest BCUT2D eigenvalue weighted by atomic mass is 16.5. The summed E-state index contributed by atoms with van der Waals surface area (Å²) in [5.74, 6) is -0.0509. The molecule has 1 heterocycles. The predicted molar refractivity (Wildman–Crippen MR) is 75.4 cm³/mol. The number of methoxy groups -OCH3 is 1. The number of amides is 1. The van der Waals surface area contributed by atoms with Crippen LogP contribution >= 0.6 is 0 Å². The van der Waals surface area contributed by atoms with Crippen LogP contribution in [0.25, 0.3) is 10.9 Å². The first kappa shape index (κ1) is 13.6. The zero-order valence-corrected chi connectivity index (χ0v) is 11.0. The Morgan fingerprint density at radius 2 is 2.16 bits per heavy atom. The monoisotopic (exact) mass is 261 g/mol. The Balaban J connectivity index is 1.79. The van der Waals surface area contributed by atoms with Crippen molar-refractivity contribution in [1.29, 1.82) is 0 Å². The number of benzene rings is 1. The smallest absolute Gasteiger partial charge is 0.251 e. The molecule has 0 fully saturated rings.